The van der Waals surface area contributed by atoms with Crippen molar-refractivity contribution in [2.45, 2.75) is 0 Å². The molecular formula is C16H11NO5. The molecule has 0 saturated heterocycles. The summed E-state index contributed by atoms with van der Waals surface area (Å²) in [7, 11) is 0. The van der Waals surface area contributed by atoms with Crippen molar-refractivity contribution in [3.8, 4) is 5.75 Å². The monoisotopic (exact) mass is 297 g/mol. The molecule has 0 fully saturated rings. The molecule has 22 heavy (non-hydrogen) atoms. The molecule has 110 valence electrons. The van der Waals surface area contributed by atoms with Crippen LogP contribution in [-0.2, 0) is 4.79 Å². The molecule has 0 unspecified atom stereocenters. The number of hydrogen-bond acceptors (Lipinski definition) is 5. The minimum atomic E-state index is -0.646. The lowest BCUT2D eigenvalue weighted by Crippen LogP contribution is -2.05. The lowest BCUT2D eigenvalue weighted by Gasteiger charge is -2.03. The zero-order valence-electron chi connectivity index (χ0n) is 11.3. The molecule has 0 atom stereocenters. The number of non-ortho nitro benzene ring substituents is 1. The third-order valence-electron chi connectivity index (χ3n) is 2.77. The van der Waals surface area contributed by atoms with Gasteiger partial charge in [0.15, 0.2) is 6.29 Å². The normalized spacial score (nSPS) is 10.4. The lowest BCUT2D eigenvalue weighted by molar-refractivity contribution is -0.384. The average molecular weight is 297 g/mol. The standard InChI is InChI=1S/C16H11NO5/c18-11-13-3-1-2-4-15(13)22-16(19)10-7-12-5-8-14(9-6-12)17(20)21/h1-11H. The Labute approximate surface area is 125 Å². The van der Waals surface area contributed by atoms with Crippen LogP contribution in [0, 0.1) is 10.1 Å². The van der Waals surface area contributed by atoms with E-state index in [2.05, 4.69) is 0 Å². The smallest absolute Gasteiger partial charge is 0.336 e. The van der Waals surface area contributed by atoms with E-state index < -0.39 is 10.9 Å². The number of ether oxygens (including phenoxy) is 1. The Morgan fingerprint density at radius 1 is 1.09 bits per heavy atom. The predicted molar refractivity (Wildman–Crippen MR) is 79.6 cm³/mol. The maximum absolute atomic E-state index is 11.7. The van der Waals surface area contributed by atoms with E-state index in [1.54, 1.807) is 12.1 Å². The van der Waals surface area contributed by atoms with Gasteiger partial charge in [0.05, 0.1) is 10.5 Å². The van der Waals surface area contributed by atoms with Crippen LogP contribution in [0.2, 0.25) is 0 Å². The van der Waals surface area contributed by atoms with Crippen molar-refractivity contribution < 1.29 is 19.2 Å². The third-order valence-corrected chi connectivity index (χ3v) is 2.77. The van der Waals surface area contributed by atoms with Crippen molar-refractivity contribution in [2.75, 3.05) is 0 Å². The molecule has 0 aliphatic heterocycles. The molecule has 0 spiro atoms. The molecule has 0 radical (unpaired) electrons. The zero-order valence-corrected chi connectivity index (χ0v) is 11.3. The Kier molecular flexibility index (Phi) is 4.77. The van der Waals surface area contributed by atoms with Crippen LogP contribution in [0.1, 0.15) is 15.9 Å². The molecule has 0 amide bonds. The maximum atomic E-state index is 11.7. The number of aldehydes is 1. The van der Waals surface area contributed by atoms with Gasteiger partial charge in [-0.15, -0.1) is 0 Å². The van der Waals surface area contributed by atoms with Crippen LogP contribution in [-0.4, -0.2) is 17.2 Å². The highest BCUT2D eigenvalue weighted by Gasteiger charge is 2.06. The highest BCUT2D eigenvalue weighted by atomic mass is 16.6. The largest absolute Gasteiger partial charge is 0.423 e. The van der Waals surface area contributed by atoms with Gasteiger partial charge in [0, 0.05) is 18.2 Å². The van der Waals surface area contributed by atoms with Crippen molar-refractivity contribution in [3.05, 3.63) is 75.8 Å². The number of benzene rings is 2. The van der Waals surface area contributed by atoms with Crippen LogP contribution in [0.5, 0.6) is 5.75 Å². The summed E-state index contributed by atoms with van der Waals surface area (Å²) in [6, 6.07) is 12.1. The molecule has 0 saturated carbocycles. The van der Waals surface area contributed by atoms with E-state index in [0.29, 0.717) is 11.8 Å². The predicted octanol–water partition coefficient (Wildman–Crippen LogP) is 3.03. The number of carbonyl (C=O) groups excluding carboxylic acids is 2. The molecule has 0 heterocycles. The summed E-state index contributed by atoms with van der Waals surface area (Å²) < 4.78 is 5.05. The summed E-state index contributed by atoms with van der Waals surface area (Å²) in [6.07, 6.45) is 3.25. The molecule has 2 rings (SSSR count). The lowest BCUT2D eigenvalue weighted by atomic mass is 10.2. The first-order valence-electron chi connectivity index (χ1n) is 6.28. The average Bonchev–Trinajstić information content (AvgIpc) is 2.54. The molecule has 0 aliphatic carbocycles. The van der Waals surface area contributed by atoms with Gasteiger partial charge in [-0.1, -0.05) is 12.1 Å². The van der Waals surface area contributed by atoms with Crippen molar-refractivity contribution in [3.63, 3.8) is 0 Å². The van der Waals surface area contributed by atoms with E-state index in [0.717, 1.165) is 0 Å². The number of rotatable bonds is 5. The summed E-state index contributed by atoms with van der Waals surface area (Å²) in [4.78, 5) is 32.5. The molecule has 0 aliphatic rings. The van der Waals surface area contributed by atoms with Crippen molar-refractivity contribution in [2.24, 2.45) is 0 Å². The minimum Gasteiger partial charge on any atom is -0.423 e. The van der Waals surface area contributed by atoms with Crippen molar-refractivity contribution in [1.29, 1.82) is 0 Å². The van der Waals surface area contributed by atoms with Gasteiger partial charge in [0.2, 0.25) is 0 Å². The second-order valence-electron chi connectivity index (χ2n) is 4.26. The quantitative estimate of drug-likeness (QED) is 0.211. The number of hydrogen-bond donors (Lipinski definition) is 0. The van der Waals surface area contributed by atoms with Crippen LogP contribution in [0.15, 0.2) is 54.6 Å². The zero-order chi connectivity index (χ0) is 15.9. The van der Waals surface area contributed by atoms with E-state index >= 15 is 0 Å². The summed E-state index contributed by atoms with van der Waals surface area (Å²) in [5.41, 5.74) is 0.866. The van der Waals surface area contributed by atoms with Crippen LogP contribution in [0.3, 0.4) is 0 Å². The molecule has 0 aromatic heterocycles. The summed E-state index contributed by atoms with van der Waals surface area (Å²) in [5.74, 6) is -0.469. The molecule has 2 aromatic rings. The number of nitrogens with zero attached hydrogens (tertiary/aromatic N) is 1. The fourth-order valence-electron chi connectivity index (χ4n) is 1.68. The van der Waals surface area contributed by atoms with Crippen LogP contribution in [0.4, 0.5) is 5.69 Å². The second-order valence-corrected chi connectivity index (χ2v) is 4.26. The highest BCUT2D eigenvalue weighted by molar-refractivity contribution is 5.90. The van der Waals surface area contributed by atoms with Crippen molar-refractivity contribution in [1.82, 2.24) is 0 Å². The molecule has 0 bridgehead atoms. The number of nitro groups is 1. The Morgan fingerprint density at radius 2 is 1.77 bits per heavy atom. The number of nitro benzene ring substituents is 1. The minimum absolute atomic E-state index is 0.0281. The Balaban J connectivity index is 2.05. The van der Waals surface area contributed by atoms with Gasteiger partial charge in [0.1, 0.15) is 5.75 Å². The topological polar surface area (TPSA) is 86.5 Å². The van der Waals surface area contributed by atoms with Gasteiger partial charge >= 0.3 is 5.97 Å². The van der Waals surface area contributed by atoms with E-state index in [-0.39, 0.29) is 17.0 Å². The maximum Gasteiger partial charge on any atom is 0.336 e. The Morgan fingerprint density at radius 3 is 2.41 bits per heavy atom. The van der Waals surface area contributed by atoms with E-state index in [9.17, 15) is 19.7 Å². The van der Waals surface area contributed by atoms with Gasteiger partial charge in [-0.3, -0.25) is 14.9 Å². The van der Waals surface area contributed by atoms with Crippen LogP contribution >= 0.6 is 0 Å². The number of esters is 1. The molecule has 6 nitrogen and oxygen atoms in total. The summed E-state index contributed by atoms with van der Waals surface area (Å²) >= 11 is 0. The second kappa shape index (κ2) is 6.94. The number of carbonyl (C=O) groups is 2. The van der Waals surface area contributed by atoms with Gasteiger partial charge in [-0.25, -0.2) is 4.79 Å². The van der Waals surface area contributed by atoms with E-state index in [1.165, 1.54) is 48.6 Å². The first-order chi connectivity index (χ1) is 10.6. The highest BCUT2D eigenvalue weighted by Crippen LogP contribution is 2.16. The molecular weight excluding hydrogens is 286 g/mol. The molecule has 0 N–H and O–H groups in total. The van der Waals surface area contributed by atoms with Crippen LogP contribution < -0.4 is 4.74 Å². The van der Waals surface area contributed by atoms with Gasteiger partial charge in [0.25, 0.3) is 5.69 Å². The first-order valence-corrected chi connectivity index (χ1v) is 6.28. The van der Waals surface area contributed by atoms with Gasteiger partial charge in [-0.2, -0.15) is 0 Å². The Hall–Kier alpha value is -3.28. The van der Waals surface area contributed by atoms with Gasteiger partial charge in [-0.05, 0) is 35.9 Å². The van der Waals surface area contributed by atoms with E-state index in [4.69, 9.17) is 4.74 Å². The molecule has 2 aromatic carbocycles. The van der Waals surface area contributed by atoms with Gasteiger partial charge < -0.3 is 4.74 Å². The fraction of sp³-hybridized carbons (Fsp3) is 0. The molecule has 6 heteroatoms. The third kappa shape index (κ3) is 3.86. The van der Waals surface area contributed by atoms with Crippen LogP contribution in [0.25, 0.3) is 6.08 Å². The Bertz CT molecular complexity index is 734. The summed E-state index contributed by atoms with van der Waals surface area (Å²) in [6.45, 7) is 0. The number of para-hydroxylation sites is 1. The van der Waals surface area contributed by atoms with E-state index in [1.807, 2.05) is 0 Å². The summed E-state index contributed by atoms with van der Waals surface area (Å²) in [5, 5.41) is 10.5. The SMILES string of the molecule is O=Cc1ccccc1OC(=O)C=Cc1ccc([N+](=O)[O-])cc1. The fourth-order valence-corrected chi connectivity index (χ4v) is 1.68. The van der Waals surface area contributed by atoms with Crippen molar-refractivity contribution >= 4 is 24.0 Å². The first kappa shape index (κ1) is 15.1.